The third-order valence-electron chi connectivity index (χ3n) is 0.350. The molecule has 0 aliphatic rings. The zero-order valence-electron chi connectivity index (χ0n) is 4.34. The summed E-state index contributed by atoms with van der Waals surface area (Å²) >= 11 is 0. The molecule has 0 N–H and O–H groups in total. The van der Waals surface area contributed by atoms with E-state index in [-0.39, 0.29) is 0 Å². The molecule has 7 heavy (non-hydrogen) atoms. The summed E-state index contributed by atoms with van der Waals surface area (Å²) in [5.74, 6) is 0. The van der Waals surface area contributed by atoms with Crippen molar-refractivity contribution < 1.29 is 8.39 Å². The van der Waals surface area contributed by atoms with Crippen LogP contribution < -0.4 is 0 Å². The quantitative estimate of drug-likeness (QED) is 0.546. The van der Waals surface area contributed by atoms with Crippen molar-refractivity contribution in [3.63, 3.8) is 0 Å². The minimum atomic E-state index is -1.11. The average Bonchev–Trinajstić information content (AvgIpc) is 1.68. The molecule has 1 atom stereocenters. The van der Waals surface area contributed by atoms with E-state index in [0.29, 0.717) is 6.61 Å². The monoisotopic (exact) mass is 140 g/mol. The Morgan fingerprint density at radius 1 is 1.86 bits per heavy atom. The summed E-state index contributed by atoms with van der Waals surface area (Å²) in [6, 6.07) is 0. The molecule has 0 aliphatic carbocycles. The molecule has 0 aromatic rings. The second kappa shape index (κ2) is 4.61. The molecule has 0 radical (unpaired) electrons. The Hall–Kier alpha value is 0.460. The first-order valence-corrected chi connectivity index (χ1v) is 4.72. The third kappa shape index (κ3) is 4.31. The van der Waals surface area contributed by atoms with Gasteiger partial charge in [0, 0.05) is 0 Å². The third-order valence-corrected chi connectivity index (χ3v) is 2.16. The van der Waals surface area contributed by atoms with Crippen molar-refractivity contribution in [2.24, 2.45) is 0 Å². The van der Waals surface area contributed by atoms with Crippen LogP contribution in [0.25, 0.3) is 0 Å². The van der Waals surface area contributed by atoms with E-state index >= 15 is 0 Å². The first-order chi connectivity index (χ1) is 3.31. The number of rotatable bonds is 3. The largest absolute Gasteiger partial charge is 0.282 e. The normalized spacial score (nSPS) is 14.0. The number of hydrogen-bond donors (Lipinski definition) is 0. The lowest BCUT2D eigenvalue weighted by Crippen LogP contribution is -1.88. The van der Waals surface area contributed by atoms with Gasteiger partial charge in [-0.2, -0.15) is 0 Å². The molecule has 0 saturated heterocycles. The van der Waals surface area contributed by atoms with Gasteiger partial charge in [0.05, 0.1) is 6.61 Å². The smallest absolute Gasteiger partial charge is 0.218 e. The molecule has 0 spiro atoms. The molecule has 4 heteroatoms. The Bertz CT molecular complexity index is 64.0. The van der Waals surface area contributed by atoms with Crippen LogP contribution in [0.4, 0.5) is 0 Å². The summed E-state index contributed by atoms with van der Waals surface area (Å²) in [7, 11) is 0.0890. The van der Waals surface area contributed by atoms with E-state index in [1.54, 1.807) is 6.26 Å². The SMILES string of the molecule is CCOS(=O)SC. The molecule has 0 amide bonds. The molecule has 0 heterocycles. The van der Waals surface area contributed by atoms with Crippen LogP contribution in [-0.4, -0.2) is 17.1 Å². The molecule has 2 nitrogen and oxygen atoms in total. The molecule has 0 aromatic carbocycles. The molecule has 0 saturated carbocycles. The van der Waals surface area contributed by atoms with E-state index in [2.05, 4.69) is 4.18 Å². The first kappa shape index (κ1) is 7.46. The van der Waals surface area contributed by atoms with E-state index < -0.39 is 10.1 Å². The van der Waals surface area contributed by atoms with E-state index in [4.69, 9.17) is 0 Å². The first-order valence-electron chi connectivity index (χ1n) is 1.90. The van der Waals surface area contributed by atoms with Crippen LogP contribution in [0.3, 0.4) is 0 Å². The Morgan fingerprint density at radius 3 is 2.57 bits per heavy atom. The van der Waals surface area contributed by atoms with Crippen molar-refractivity contribution >= 4 is 20.9 Å². The highest BCUT2D eigenvalue weighted by atomic mass is 33.1. The highest BCUT2D eigenvalue weighted by Crippen LogP contribution is 2.00. The Kier molecular flexibility index (Phi) is 4.92. The molecular formula is C3H8O2S2. The van der Waals surface area contributed by atoms with Crippen LogP contribution in [0, 0.1) is 0 Å². The average molecular weight is 140 g/mol. The molecule has 1 unspecified atom stereocenters. The lowest BCUT2D eigenvalue weighted by molar-refractivity contribution is 0.381. The van der Waals surface area contributed by atoms with Crippen LogP contribution in [0.1, 0.15) is 6.92 Å². The summed E-state index contributed by atoms with van der Waals surface area (Å²) in [6.45, 7) is 2.33. The van der Waals surface area contributed by atoms with E-state index in [9.17, 15) is 4.21 Å². The summed E-state index contributed by atoms with van der Waals surface area (Å²) in [5, 5.41) is 0. The maximum Gasteiger partial charge on any atom is 0.218 e. The maximum absolute atomic E-state index is 10.3. The molecule has 0 aliphatic heterocycles. The lowest BCUT2D eigenvalue weighted by atomic mass is 10.9. The predicted molar refractivity (Wildman–Crippen MR) is 33.3 cm³/mol. The fourth-order valence-electron chi connectivity index (χ4n) is 0.144. The van der Waals surface area contributed by atoms with E-state index in [1.165, 1.54) is 10.8 Å². The molecule has 0 rings (SSSR count). The fraction of sp³-hybridized carbons (Fsp3) is 1.00. The molecular weight excluding hydrogens is 132 g/mol. The van der Waals surface area contributed by atoms with Crippen LogP contribution in [0.5, 0.6) is 0 Å². The van der Waals surface area contributed by atoms with Gasteiger partial charge in [-0.3, -0.25) is 4.18 Å². The van der Waals surface area contributed by atoms with Crippen LogP contribution in [0.15, 0.2) is 0 Å². The van der Waals surface area contributed by atoms with Gasteiger partial charge < -0.3 is 0 Å². The van der Waals surface area contributed by atoms with Crippen molar-refractivity contribution in [3.05, 3.63) is 0 Å². The van der Waals surface area contributed by atoms with E-state index in [0.717, 1.165) is 0 Å². The zero-order chi connectivity index (χ0) is 5.70. The maximum atomic E-state index is 10.3. The topological polar surface area (TPSA) is 26.3 Å². The molecule has 0 aromatic heterocycles. The highest BCUT2D eigenvalue weighted by molar-refractivity contribution is 8.67. The van der Waals surface area contributed by atoms with Gasteiger partial charge in [-0.1, -0.05) is 0 Å². The van der Waals surface area contributed by atoms with Gasteiger partial charge in [-0.25, -0.2) is 4.21 Å². The zero-order valence-corrected chi connectivity index (χ0v) is 5.97. The second-order valence-corrected chi connectivity index (χ2v) is 3.57. The van der Waals surface area contributed by atoms with E-state index in [1.807, 2.05) is 6.92 Å². The summed E-state index contributed by atoms with van der Waals surface area (Å²) in [6.07, 6.45) is 1.74. The van der Waals surface area contributed by atoms with Gasteiger partial charge in [-0.15, -0.1) is 0 Å². The Labute approximate surface area is 49.7 Å². The van der Waals surface area contributed by atoms with Crippen LogP contribution in [0.2, 0.25) is 0 Å². The Morgan fingerprint density at radius 2 is 2.43 bits per heavy atom. The van der Waals surface area contributed by atoms with Crippen molar-refractivity contribution in [1.82, 2.24) is 0 Å². The van der Waals surface area contributed by atoms with Gasteiger partial charge in [0.25, 0.3) is 0 Å². The van der Waals surface area contributed by atoms with Gasteiger partial charge in [0.2, 0.25) is 10.1 Å². The standard InChI is InChI=1S/C3H8O2S2/c1-3-5-7(4)6-2/h3H2,1-2H3. The van der Waals surface area contributed by atoms with Gasteiger partial charge in [0.15, 0.2) is 0 Å². The van der Waals surface area contributed by atoms with Crippen molar-refractivity contribution in [2.45, 2.75) is 6.92 Å². The summed E-state index contributed by atoms with van der Waals surface area (Å²) < 4.78 is 14.9. The minimum Gasteiger partial charge on any atom is -0.282 e. The van der Waals surface area contributed by atoms with Gasteiger partial charge in [-0.05, 0) is 24.0 Å². The molecule has 44 valence electrons. The fourth-order valence-corrected chi connectivity index (χ4v) is 1.01. The molecule has 0 bridgehead atoms. The van der Waals surface area contributed by atoms with Crippen molar-refractivity contribution in [1.29, 1.82) is 0 Å². The summed E-state index contributed by atoms with van der Waals surface area (Å²) in [4.78, 5) is 0. The highest BCUT2D eigenvalue weighted by Gasteiger charge is 1.89. The van der Waals surface area contributed by atoms with Crippen LogP contribution >= 0.6 is 10.8 Å². The minimum absolute atomic E-state index is 0.521. The predicted octanol–water partition coefficient (Wildman–Crippen LogP) is 0.965. The van der Waals surface area contributed by atoms with Crippen LogP contribution in [-0.2, 0) is 14.3 Å². The lowest BCUT2D eigenvalue weighted by Gasteiger charge is -1.90. The van der Waals surface area contributed by atoms with Crippen molar-refractivity contribution in [2.75, 3.05) is 12.9 Å². The summed E-state index contributed by atoms with van der Waals surface area (Å²) in [5.41, 5.74) is 0. The molecule has 0 fully saturated rings. The van der Waals surface area contributed by atoms with Gasteiger partial charge in [0.1, 0.15) is 0 Å². The Balaban J connectivity index is 3.00. The second-order valence-electron chi connectivity index (χ2n) is 0.777. The number of hydrogen-bond acceptors (Lipinski definition) is 3. The van der Waals surface area contributed by atoms with Crippen molar-refractivity contribution in [3.8, 4) is 0 Å². The van der Waals surface area contributed by atoms with Gasteiger partial charge >= 0.3 is 0 Å².